The maximum Gasteiger partial charge on any atom is 0.341 e. The van der Waals surface area contributed by atoms with E-state index in [0.717, 1.165) is 0 Å². The summed E-state index contributed by atoms with van der Waals surface area (Å²) in [6.07, 6.45) is 1.33. The Morgan fingerprint density at radius 3 is 2.87 bits per heavy atom. The normalized spacial score (nSPS) is 9.80. The van der Waals surface area contributed by atoms with Crippen molar-refractivity contribution >= 4 is 27.6 Å². The summed E-state index contributed by atoms with van der Waals surface area (Å²) in [5.74, 6) is -0.161. The molecule has 5 nitrogen and oxygen atoms in total. The summed E-state index contributed by atoms with van der Waals surface area (Å²) in [6.45, 7) is 2.02. The second-order valence-corrected chi connectivity index (χ2v) is 3.42. The van der Waals surface area contributed by atoms with Crippen molar-refractivity contribution in [3.63, 3.8) is 0 Å². The lowest BCUT2D eigenvalue weighted by Crippen LogP contribution is -2.09. The van der Waals surface area contributed by atoms with Crippen molar-refractivity contribution in [1.29, 1.82) is 0 Å². The fraction of sp³-hybridized carbons (Fsp3) is 0.333. The first kappa shape index (κ1) is 11.8. The molecule has 0 saturated heterocycles. The zero-order valence-corrected chi connectivity index (χ0v) is 10.00. The van der Waals surface area contributed by atoms with E-state index < -0.39 is 5.97 Å². The summed E-state index contributed by atoms with van der Waals surface area (Å²) in [5.41, 5.74) is 6.21. The average Bonchev–Trinajstić information content (AvgIpc) is 2.22. The van der Waals surface area contributed by atoms with Crippen LogP contribution in [-0.4, -0.2) is 24.7 Å². The Morgan fingerprint density at radius 1 is 1.67 bits per heavy atom. The largest absolute Gasteiger partial charge is 0.480 e. The van der Waals surface area contributed by atoms with E-state index in [1.54, 1.807) is 6.92 Å². The molecular weight excluding hydrogens is 264 g/mol. The molecule has 15 heavy (non-hydrogen) atoms. The van der Waals surface area contributed by atoms with Crippen LogP contribution in [0.5, 0.6) is 5.88 Å². The van der Waals surface area contributed by atoms with Crippen LogP contribution in [0.4, 0.5) is 5.69 Å². The molecule has 6 heteroatoms. The SMILES string of the molecule is CCOC(=O)c1cnc(OC)c(Br)c1N. The van der Waals surface area contributed by atoms with Gasteiger partial charge in [0.25, 0.3) is 0 Å². The topological polar surface area (TPSA) is 74.4 Å². The molecule has 0 aliphatic carbocycles. The number of carbonyl (C=O) groups excluding carboxylic acids is 1. The number of esters is 1. The van der Waals surface area contributed by atoms with Gasteiger partial charge in [0.05, 0.1) is 19.4 Å². The number of hydrogen-bond donors (Lipinski definition) is 1. The lowest BCUT2D eigenvalue weighted by Gasteiger charge is -2.08. The molecule has 0 radical (unpaired) electrons. The van der Waals surface area contributed by atoms with Gasteiger partial charge in [-0.1, -0.05) is 0 Å². The van der Waals surface area contributed by atoms with Crippen LogP contribution in [0.25, 0.3) is 0 Å². The second kappa shape index (κ2) is 4.97. The highest BCUT2D eigenvalue weighted by Crippen LogP contribution is 2.31. The number of hydrogen-bond acceptors (Lipinski definition) is 5. The minimum atomic E-state index is -0.495. The van der Waals surface area contributed by atoms with Crippen LogP contribution in [-0.2, 0) is 4.74 Å². The highest BCUT2D eigenvalue weighted by atomic mass is 79.9. The number of rotatable bonds is 3. The van der Waals surface area contributed by atoms with Crippen LogP contribution in [0.3, 0.4) is 0 Å². The van der Waals surface area contributed by atoms with Crippen molar-refractivity contribution in [1.82, 2.24) is 4.98 Å². The van der Waals surface area contributed by atoms with Gasteiger partial charge in [0.1, 0.15) is 10.0 Å². The maximum absolute atomic E-state index is 11.4. The molecule has 0 unspecified atom stereocenters. The standard InChI is InChI=1S/C9H11BrN2O3/c1-3-15-9(13)5-4-12-8(14-2)6(10)7(5)11/h4H,3H2,1-2H3,(H2,11,12). The van der Waals surface area contributed by atoms with Crippen LogP contribution >= 0.6 is 15.9 Å². The van der Waals surface area contributed by atoms with E-state index in [1.165, 1.54) is 13.3 Å². The summed E-state index contributed by atoms with van der Waals surface area (Å²) >= 11 is 3.19. The van der Waals surface area contributed by atoms with Gasteiger partial charge < -0.3 is 15.2 Å². The Hall–Kier alpha value is -1.30. The molecular formula is C9H11BrN2O3. The highest BCUT2D eigenvalue weighted by molar-refractivity contribution is 9.10. The first-order chi connectivity index (χ1) is 7.11. The molecule has 2 N–H and O–H groups in total. The molecule has 1 rings (SSSR count). The van der Waals surface area contributed by atoms with Crippen molar-refractivity contribution in [3.05, 3.63) is 16.2 Å². The number of halogens is 1. The van der Waals surface area contributed by atoms with Gasteiger partial charge in [0, 0.05) is 6.20 Å². The molecule has 0 aromatic carbocycles. The predicted octanol–water partition coefficient (Wildman–Crippen LogP) is 1.61. The number of methoxy groups -OCH3 is 1. The van der Waals surface area contributed by atoms with E-state index in [-0.39, 0.29) is 11.3 Å². The number of nitrogens with zero attached hydrogens (tertiary/aromatic N) is 1. The summed E-state index contributed by atoms with van der Waals surface area (Å²) < 4.78 is 10.2. The third-order valence-corrected chi connectivity index (χ3v) is 2.48. The summed E-state index contributed by atoms with van der Waals surface area (Å²) in [6, 6.07) is 0. The van der Waals surface area contributed by atoms with Gasteiger partial charge in [-0.15, -0.1) is 0 Å². The van der Waals surface area contributed by atoms with Gasteiger partial charge in [-0.2, -0.15) is 0 Å². The van der Waals surface area contributed by atoms with Gasteiger partial charge in [-0.05, 0) is 22.9 Å². The molecule has 0 aliphatic rings. The Kier molecular flexibility index (Phi) is 3.90. The van der Waals surface area contributed by atoms with E-state index in [4.69, 9.17) is 15.2 Å². The van der Waals surface area contributed by atoms with E-state index in [2.05, 4.69) is 20.9 Å². The number of pyridine rings is 1. The van der Waals surface area contributed by atoms with Crippen molar-refractivity contribution in [2.75, 3.05) is 19.5 Å². The Labute approximate surface area is 95.7 Å². The molecule has 0 amide bonds. The number of anilines is 1. The van der Waals surface area contributed by atoms with Crippen LogP contribution in [0.1, 0.15) is 17.3 Å². The Balaban J connectivity index is 3.11. The van der Waals surface area contributed by atoms with Gasteiger partial charge in [-0.25, -0.2) is 9.78 Å². The molecule has 0 atom stereocenters. The van der Waals surface area contributed by atoms with Crippen molar-refractivity contribution < 1.29 is 14.3 Å². The van der Waals surface area contributed by atoms with E-state index in [0.29, 0.717) is 17.0 Å². The van der Waals surface area contributed by atoms with Crippen LogP contribution < -0.4 is 10.5 Å². The fourth-order valence-corrected chi connectivity index (χ4v) is 1.47. The smallest absolute Gasteiger partial charge is 0.341 e. The van der Waals surface area contributed by atoms with Crippen LogP contribution in [0.15, 0.2) is 10.7 Å². The molecule has 0 spiro atoms. The number of aromatic nitrogens is 1. The molecule has 0 saturated carbocycles. The summed E-state index contributed by atoms with van der Waals surface area (Å²) in [7, 11) is 1.47. The molecule has 1 heterocycles. The number of nitrogen functional groups attached to an aromatic ring is 1. The van der Waals surface area contributed by atoms with Crippen LogP contribution in [0.2, 0.25) is 0 Å². The molecule has 82 valence electrons. The zero-order valence-electron chi connectivity index (χ0n) is 8.41. The van der Waals surface area contributed by atoms with Gasteiger partial charge >= 0.3 is 5.97 Å². The van der Waals surface area contributed by atoms with E-state index in [1.807, 2.05) is 0 Å². The zero-order chi connectivity index (χ0) is 11.4. The second-order valence-electron chi connectivity index (χ2n) is 2.63. The molecule has 1 aromatic heterocycles. The minimum absolute atomic E-state index is 0.226. The summed E-state index contributed by atoms with van der Waals surface area (Å²) in [5, 5.41) is 0. The van der Waals surface area contributed by atoms with E-state index >= 15 is 0 Å². The molecule has 0 bridgehead atoms. The molecule has 0 fully saturated rings. The molecule has 0 aliphatic heterocycles. The first-order valence-electron chi connectivity index (χ1n) is 4.26. The van der Waals surface area contributed by atoms with Gasteiger partial charge in [0.15, 0.2) is 0 Å². The molecule has 1 aromatic rings. The van der Waals surface area contributed by atoms with Gasteiger partial charge in [-0.3, -0.25) is 0 Å². The quantitative estimate of drug-likeness (QED) is 0.848. The Bertz CT molecular complexity index is 382. The number of carbonyl (C=O) groups is 1. The average molecular weight is 275 g/mol. The fourth-order valence-electron chi connectivity index (χ4n) is 0.997. The third kappa shape index (κ3) is 2.38. The first-order valence-corrected chi connectivity index (χ1v) is 5.06. The van der Waals surface area contributed by atoms with Crippen molar-refractivity contribution in [2.24, 2.45) is 0 Å². The lowest BCUT2D eigenvalue weighted by molar-refractivity contribution is 0.0527. The van der Waals surface area contributed by atoms with Crippen LogP contribution in [0, 0.1) is 0 Å². The maximum atomic E-state index is 11.4. The minimum Gasteiger partial charge on any atom is -0.480 e. The van der Waals surface area contributed by atoms with Crippen molar-refractivity contribution in [2.45, 2.75) is 6.92 Å². The van der Waals surface area contributed by atoms with E-state index in [9.17, 15) is 4.79 Å². The summed E-state index contributed by atoms with van der Waals surface area (Å²) in [4.78, 5) is 15.3. The third-order valence-electron chi connectivity index (χ3n) is 1.71. The van der Waals surface area contributed by atoms with Gasteiger partial charge in [0.2, 0.25) is 5.88 Å². The predicted molar refractivity (Wildman–Crippen MR) is 58.9 cm³/mol. The monoisotopic (exact) mass is 274 g/mol. The lowest BCUT2D eigenvalue weighted by atomic mass is 10.2. The number of ether oxygens (including phenoxy) is 2. The Morgan fingerprint density at radius 2 is 2.33 bits per heavy atom. The van der Waals surface area contributed by atoms with Crippen molar-refractivity contribution in [3.8, 4) is 5.88 Å². The number of nitrogens with two attached hydrogens (primary N) is 1. The highest BCUT2D eigenvalue weighted by Gasteiger charge is 2.16.